The number of carboxylic acids is 1. The number of amides is 1. The van der Waals surface area contributed by atoms with Crippen molar-refractivity contribution in [3.05, 3.63) is 34.9 Å². The maximum absolute atomic E-state index is 13.9. The van der Waals surface area contributed by atoms with Crippen molar-refractivity contribution in [2.24, 2.45) is 11.8 Å². The zero-order chi connectivity index (χ0) is 17.6. The molecule has 1 aliphatic heterocycles. The van der Waals surface area contributed by atoms with E-state index in [2.05, 4.69) is 9.97 Å². The van der Waals surface area contributed by atoms with Gasteiger partial charge in [0.05, 0.1) is 28.4 Å². The lowest BCUT2D eigenvalue weighted by atomic mass is 9.99. The van der Waals surface area contributed by atoms with E-state index in [1.165, 1.54) is 11.0 Å². The van der Waals surface area contributed by atoms with Crippen molar-refractivity contribution in [1.29, 1.82) is 0 Å². The van der Waals surface area contributed by atoms with Gasteiger partial charge in [-0.15, -0.1) is 0 Å². The lowest BCUT2D eigenvalue weighted by molar-refractivity contribution is -0.142. The number of aryl methyl sites for hydroxylation is 2. The monoisotopic (exact) mass is 331 g/mol. The van der Waals surface area contributed by atoms with Crippen molar-refractivity contribution in [3.8, 4) is 0 Å². The molecule has 1 saturated heterocycles. The van der Waals surface area contributed by atoms with Gasteiger partial charge >= 0.3 is 5.97 Å². The van der Waals surface area contributed by atoms with Crippen LogP contribution in [0.1, 0.15) is 28.7 Å². The Balaban J connectivity index is 2.04. The highest BCUT2D eigenvalue weighted by Crippen LogP contribution is 2.27. The number of benzene rings is 1. The summed E-state index contributed by atoms with van der Waals surface area (Å²) in [4.78, 5) is 34.2. The molecule has 7 heteroatoms. The van der Waals surface area contributed by atoms with Crippen LogP contribution in [0.2, 0.25) is 0 Å². The molecule has 1 aromatic heterocycles. The van der Waals surface area contributed by atoms with Gasteiger partial charge in [0.25, 0.3) is 5.91 Å². The molecule has 2 heterocycles. The molecule has 0 radical (unpaired) electrons. The largest absolute Gasteiger partial charge is 0.481 e. The SMILES string of the molecule is Cc1nc2cc(F)cc(C(=O)N3C[C@@H](C)[C@H](C(=O)O)C3)c2nc1C. The number of halogens is 1. The number of carboxylic acid groups (broad SMARTS) is 1. The Bertz CT molecular complexity index is 853. The first-order valence-corrected chi connectivity index (χ1v) is 7.74. The molecule has 0 spiro atoms. The van der Waals surface area contributed by atoms with Crippen LogP contribution in [0.15, 0.2) is 12.1 Å². The average Bonchev–Trinajstić information content (AvgIpc) is 2.89. The van der Waals surface area contributed by atoms with Crippen molar-refractivity contribution in [1.82, 2.24) is 14.9 Å². The Morgan fingerprint density at radius 1 is 1.21 bits per heavy atom. The number of fused-ring (bicyclic) bond motifs is 1. The van der Waals surface area contributed by atoms with Crippen LogP contribution in [0.3, 0.4) is 0 Å². The van der Waals surface area contributed by atoms with Gasteiger partial charge in [0.15, 0.2) is 0 Å². The van der Waals surface area contributed by atoms with Gasteiger partial charge in [-0.25, -0.2) is 14.4 Å². The predicted molar refractivity (Wildman–Crippen MR) is 85.2 cm³/mol. The second-order valence-corrected chi connectivity index (χ2v) is 6.35. The molecule has 1 amide bonds. The molecule has 0 unspecified atom stereocenters. The zero-order valence-corrected chi connectivity index (χ0v) is 13.7. The molecule has 24 heavy (non-hydrogen) atoms. The third-order valence-electron chi connectivity index (χ3n) is 4.59. The number of hydrogen-bond donors (Lipinski definition) is 1. The van der Waals surface area contributed by atoms with Crippen molar-refractivity contribution < 1.29 is 19.1 Å². The smallest absolute Gasteiger partial charge is 0.308 e. The van der Waals surface area contributed by atoms with Gasteiger partial charge in [-0.2, -0.15) is 0 Å². The van der Waals surface area contributed by atoms with Crippen molar-refractivity contribution in [2.45, 2.75) is 20.8 Å². The molecule has 1 fully saturated rings. The third kappa shape index (κ3) is 2.70. The molecule has 1 aliphatic rings. The highest BCUT2D eigenvalue weighted by Gasteiger charge is 2.37. The standard InChI is InChI=1S/C17H18FN3O3/c1-8-6-21(7-13(8)17(23)24)16(22)12-4-11(18)5-14-15(12)20-10(3)9(2)19-14/h4-5,8,13H,6-7H2,1-3H3,(H,23,24)/t8-,13-/m1/s1. The lowest BCUT2D eigenvalue weighted by Crippen LogP contribution is -2.30. The van der Waals surface area contributed by atoms with Crippen LogP contribution in [-0.4, -0.2) is 44.9 Å². The van der Waals surface area contributed by atoms with Gasteiger partial charge < -0.3 is 10.0 Å². The quantitative estimate of drug-likeness (QED) is 0.912. The topological polar surface area (TPSA) is 83.4 Å². The van der Waals surface area contributed by atoms with E-state index in [0.29, 0.717) is 29.0 Å². The van der Waals surface area contributed by atoms with Gasteiger partial charge in [0, 0.05) is 19.2 Å². The summed E-state index contributed by atoms with van der Waals surface area (Å²) in [5.74, 6) is -2.66. The summed E-state index contributed by atoms with van der Waals surface area (Å²) in [5, 5.41) is 9.22. The third-order valence-corrected chi connectivity index (χ3v) is 4.59. The number of aliphatic carboxylic acids is 1. The molecule has 126 valence electrons. The number of aromatic nitrogens is 2. The molecule has 6 nitrogen and oxygen atoms in total. The minimum absolute atomic E-state index is 0.117. The second-order valence-electron chi connectivity index (χ2n) is 6.35. The highest BCUT2D eigenvalue weighted by atomic mass is 19.1. The predicted octanol–water partition coefficient (Wildman–Crippen LogP) is 2.18. The Hall–Kier alpha value is -2.57. The first-order chi connectivity index (χ1) is 11.3. The summed E-state index contributed by atoms with van der Waals surface area (Å²) < 4.78 is 13.9. The number of likely N-dealkylation sites (tertiary alicyclic amines) is 1. The van der Waals surface area contributed by atoms with Crippen LogP contribution in [0.5, 0.6) is 0 Å². The first kappa shape index (κ1) is 16.3. The number of carbonyl (C=O) groups is 2. The Morgan fingerprint density at radius 2 is 1.88 bits per heavy atom. The van der Waals surface area contributed by atoms with Crippen molar-refractivity contribution >= 4 is 22.9 Å². The van der Waals surface area contributed by atoms with Gasteiger partial charge in [-0.3, -0.25) is 9.59 Å². The summed E-state index contributed by atoms with van der Waals surface area (Å²) in [6, 6.07) is 2.39. The van der Waals surface area contributed by atoms with Crippen LogP contribution in [-0.2, 0) is 4.79 Å². The van der Waals surface area contributed by atoms with Crippen LogP contribution < -0.4 is 0 Å². The molecule has 0 saturated carbocycles. The highest BCUT2D eigenvalue weighted by molar-refractivity contribution is 6.05. The molecule has 2 aromatic rings. The minimum Gasteiger partial charge on any atom is -0.481 e. The van der Waals surface area contributed by atoms with Gasteiger partial charge in [0.2, 0.25) is 0 Å². The maximum atomic E-state index is 13.9. The average molecular weight is 331 g/mol. The molecule has 0 bridgehead atoms. The van der Waals surface area contributed by atoms with E-state index < -0.39 is 23.6 Å². The Labute approximate surface area is 138 Å². The van der Waals surface area contributed by atoms with E-state index in [0.717, 1.165) is 6.07 Å². The summed E-state index contributed by atoms with van der Waals surface area (Å²) in [5.41, 5.74) is 2.13. The first-order valence-electron chi connectivity index (χ1n) is 7.74. The van der Waals surface area contributed by atoms with E-state index >= 15 is 0 Å². The van der Waals surface area contributed by atoms with Gasteiger partial charge in [-0.05, 0) is 25.8 Å². The summed E-state index contributed by atoms with van der Waals surface area (Å²) in [6.45, 7) is 5.78. The zero-order valence-electron chi connectivity index (χ0n) is 13.7. The summed E-state index contributed by atoms with van der Waals surface area (Å²) >= 11 is 0. The Morgan fingerprint density at radius 3 is 2.50 bits per heavy atom. The minimum atomic E-state index is -0.923. The number of nitrogens with zero attached hydrogens (tertiary/aromatic N) is 3. The fourth-order valence-corrected chi connectivity index (χ4v) is 3.09. The maximum Gasteiger partial charge on any atom is 0.308 e. The fourth-order valence-electron chi connectivity index (χ4n) is 3.09. The van der Waals surface area contributed by atoms with Gasteiger partial charge in [-0.1, -0.05) is 6.92 Å². The van der Waals surface area contributed by atoms with Crippen molar-refractivity contribution in [2.75, 3.05) is 13.1 Å². The van der Waals surface area contributed by atoms with Gasteiger partial charge in [0.1, 0.15) is 11.3 Å². The van der Waals surface area contributed by atoms with Crippen LogP contribution in [0.4, 0.5) is 4.39 Å². The summed E-state index contributed by atoms with van der Waals surface area (Å²) in [6.07, 6.45) is 0. The van der Waals surface area contributed by atoms with E-state index in [1.807, 2.05) is 0 Å². The summed E-state index contributed by atoms with van der Waals surface area (Å²) in [7, 11) is 0. The molecular weight excluding hydrogens is 313 g/mol. The normalized spacial score (nSPS) is 20.6. The number of carbonyl (C=O) groups excluding carboxylic acids is 1. The lowest BCUT2D eigenvalue weighted by Gasteiger charge is -2.17. The molecule has 2 atom stereocenters. The van der Waals surface area contributed by atoms with Crippen molar-refractivity contribution in [3.63, 3.8) is 0 Å². The van der Waals surface area contributed by atoms with E-state index in [-0.39, 0.29) is 18.0 Å². The Kier molecular flexibility index (Phi) is 3.95. The van der Waals surface area contributed by atoms with Crippen LogP contribution in [0, 0.1) is 31.5 Å². The number of rotatable bonds is 2. The number of hydrogen-bond acceptors (Lipinski definition) is 4. The van der Waals surface area contributed by atoms with E-state index in [1.54, 1.807) is 20.8 Å². The van der Waals surface area contributed by atoms with Crippen LogP contribution >= 0.6 is 0 Å². The fraction of sp³-hybridized carbons (Fsp3) is 0.412. The molecule has 1 N–H and O–H groups in total. The van der Waals surface area contributed by atoms with Crippen LogP contribution in [0.25, 0.3) is 11.0 Å². The van der Waals surface area contributed by atoms with E-state index in [9.17, 15) is 19.1 Å². The van der Waals surface area contributed by atoms with E-state index in [4.69, 9.17) is 0 Å². The molecule has 0 aliphatic carbocycles. The molecule has 1 aromatic carbocycles. The molecule has 3 rings (SSSR count). The second kappa shape index (κ2) is 5.81. The molecular formula is C17H18FN3O3.